The number of hydrogen-bond donors (Lipinski definition) is 2. The number of fused-ring (bicyclic) bond motifs is 1. The van der Waals surface area contributed by atoms with E-state index in [0.717, 1.165) is 16.8 Å². The van der Waals surface area contributed by atoms with Crippen molar-refractivity contribution in [3.05, 3.63) is 71.5 Å². The summed E-state index contributed by atoms with van der Waals surface area (Å²) >= 11 is 0. The Morgan fingerprint density at radius 3 is 2.67 bits per heavy atom. The number of rotatable bonds is 9. The number of allylic oxidation sites excluding steroid dienone is 5. The van der Waals surface area contributed by atoms with E-state index in [2.05, 4.69) is 4.98 Å². The van der Waals surface area contributed by atoms with Crippen molar-refractivity contribution in [3.63, 3.8) is 0 Å². The van der Waals surface area contributed by atoms with E-state index in [0.29, 0.717) is 31.6 Å². The summed E-state index contributed by atoms with van der Waals surface area (Å²) in [4.78, 5) is 28.9. The molecule has 0 radical (unpaired) electrons. The summed E-state index contributed by atoms with van der Waals surface area (Å²) < 4.78 is 23.5. The number of aliphatic hydroxyl groups is 1. The van der Waals surface area contributed by atoms with Crippen LogP contribution in [0, 0.1) is 24.2 Å². The van der Waals surface area contributed by atoms with Gasteiger partial charge in [-0.25, -0.2) is 9.78 Å². The molecule has 0 saturated carbocycles. The van der Waals surface area contributed by atoms with Crippen LogP contribution in [-0.4, -0.2) is 64.3 Å². The van der Waals surface area contributed by atoms with Gasteiger partial charge in [-0.1, -0.05) is 57.2 Å². The number of esters is 1. The van der Waals surface area contributed by atoms with Crippen molar-refractivity contribution in [2.75, 3.05) is 7.11 Å². The highest BCUT2D eigenvalue weighted by Gasteiger charge is 2.52. The molecule has 2 aliphatic heterocycles. The minimum Gasteiger partial charge on any atom is -0.481 e. The Morgan fingerprint density at radius 1 is 1.29 bits per heavy atom. The Kier molecular flexibility index (Phi) is 12.7. The molecule has 0 spiro atoms. The van der Waals surface area contributed by atoms with Gasteiger partial charge >= 0.3 is 11.9 Å². The minimum absolute atomic E-state index is 0.100. The molecule has 1 fully saturated rings. The van der Waals surface area contributed by atoms with Crippen molar-refractivity contribution in [1.82, 2.24) is 4.98 Å². The van der Waals surface area contributed by atoms with Crippen molar-refractivity contribution in [1.29, 1.82) is 0 Å². The van der Waals surface area contributed by atoms with Crippen LogP contribution < -0.4 is 0 Å². The highest BCUT2D eigenvalue weighted by molar-refractivity contribution is 5.82. The van der Waals surface area contributed by atoms with Crippen LogP contribution in [0.25, 0.3) is 6.08 Å². The smallest absolute Gasteiger partial charge is 0.330 e. The molecule has 7 atom stereocenters. The third-order valence-electron chi connectivity index (χ3n) is 8.95. The Bertz CT molecular complexity index is 1320. The van der Waals surface area contributed by atoms with Crippen LogP contribution >= 0.6 is 0 Å². The van der Waals surface area contributed by atoms with E-state index >= 15 is 0 Å². The fourth-order valence-corrected chi connectivity index (χ4v) is 6.12. The van der Waals surface area contributed by atoms with E-state index in [4.69, 9.17) is 18.6 Å². The second-order valence-corrected chi connectivity index (χ2v) is 13.4. The minimum atomic E-state index is -0.940. The van der Waals surface area contributed by atoms with Crippen molar-refractivity contribution in [2.45, 2.75) is 111 Å². The number of aromatic nitrogens is 1. The van der Waals surface area contributed by atoms with Gasteiger partial charge in [0, 0.05) is 37.9 Å². The number of carboxylic acids is 1. The largest absolute Gasteiger partial charge is 0.481 e. The van der Waals surface area contributed by atoms with Gasteiger partial charge in [0.15, 0.2) is 5.89 Å². The molecule has 3 heterocycles. The first-order chi connectivity index (χ1) is 21.1. The number of carbonyl (C=O) groups is 2. The molecule has 9 heteroatoms. The van der Waals surface area contributed by atoms with Crippen LogP contribution in [0.2, 0.25) is 0 Å². The number of aryl methyl sites for hydroxylation is 1. The quantitative estimate of drug-likeness (QED) is 0.132. The number of carbonyl (C=O) groups excluding carboxylic acids is 1. The first-order valence-electron chi connectivity index (χ1n) is 15.8. The number of ether oxygens (including phenoxy) is 3. The Labute approximate surface area is 267 Å². The summed E-state index contributed by atoms with van der Waals surface area (Å²) in [5.74, 6) is -1.31. The number of carboxylic acid groups (broad SMARTS) is 1. The summed E-state index contributed by atoms with van der Waals surface area (Å²) in [7, 11) is 1.66. The van der Waals surface area contributed by atoms with Crippen LogP contribution in [0.15, 0.2) is 64.4 Å². The molecule has 0 amide bonds. The number of aliphatic hydroxyl groups excluding tert-OH is 1. The molecular formula is C36H51NO8. The van der Waals surface area contributed by atoms with Crippen LogP contribution in [0.3, 0.4) is 0 Å². The maximum atomic E-state index is 13.1. The Balaban J connectivity index is 1.83. The lowest BCUT2D eigenvalue weighted by atomic mass is 9.75. The zero-order chi connectivity index (χ0) is 33.4. The van der Waals surface area contributed by atoms with Gasteiger partial charge in [0.1, 0.15) is 24.2 Å². The van der Waals surface area contributed by atoms with Gasteiger partial charge in [-0.05, 0) is 69.6 Å². The number of methoxy groups -OCH3 is 1. The second-order valence-electron chi connectivity index (χ2n) is 13.4. The summed E-state index contributed by atoms with van der Waals surface area (Å²) in [6.07, 6.45) is 16.5. The average molecular weight is 626 g/mol. The molecule has 0 bridgehead atoms. The van der Waals surface area contributed by atoms with E-state index in [-0.39, 0.29) is 30.5 Å². The van der Waals surface area contributed by atoms with E-state index in [1.165, 1.54) is 6.08 Å². The molecule has 1 aromatic rings. The fourth-order valence-electron chi connectivity index (χ4n) is 6.12. The first-order valence-corrected chi connectivity index (χ1v) is 15.8. The van der Waals surface area contributed by atoms with E-state index < -0.39 is 35.2 Å². The van der Waals surface area contributed by atoms with E-state index in [1.54, 1.807) is 26.4 Å². The lowest BCUT2D eigenvalue weighted by Crippen LogP contribution is -2.45. The van der Waals surface area contributed by atoms with Gasteiger partial charge in [-0.2, -0.15) is 0 Å². The van der Waals surface area contributed by atoms with Crippen LogP contribution in [0.4, 0.5) is 0 Å². The average Bonchev–Trinajstić information content (AvgIpc) is 3.42. The summed E-state index contributed by atoms with van der Waals surface area (Å²) in [5.41, 5.74) is 1.72. The SMILES string of the molecule is CO[C@@H](/C(C)=C/C=C/C(C)=C/c1coc(C)n1)C(C)(C)C1CC[C@@]2(C)O[C@@H]2/C=C/[C@@H](C)[C@H](O)C[C@H](CC(=O)O)C/C=C/C(=O)O1. The maximum absolute atomic E-state index is 13.1. The Morgan fingerprint density at radius 2 is 2.02 bits per heavy atom. The summed E-state index contributed by atoms with van der Waals surface area (Å²) in [6, 6.07) is 0. The van der Waals surface area contributed by atoms with Crippen molar-refractivity contribution >= 4 is 18.0 Å². The van der Waals surface area contributed by atoms with Crippen LogP contribution in [-0.2, 0) is 23.8 Å². The molecule has 9 nitrogen and oxygen atoms in total. The van der Waals surface area contributed by atoms with Gasteiger partial charge < -0.3 is 28.8 Å². The molecular weight excluding hydrogens is 574 g/mol. The molecule has 0 aliphatic carbocycles. The molecule has 0 aromatic carbocycles. The van der Waals surface area contributed by atoms with Crippen molar-refractivity contribution in [2.24, 2.45) is 17.3 Å². The molecule has 2 aliphatic rings. The predicted molar refractivity (Wildman–Crippen MR) is 173 cm³/mol. The molecule has 2 N–H and O–H groups in total. The topological polar surface area (TPSA) is 132 Å². The van der Waals surface area contributed by atoms with Crippen LogP contribution in [0.5, 0.6) is 0 Å². The third kappa shape index (κ3) is 10.7. The highest BCUT2D eigenvalue weighted by atomic mass is 16.6. The molecule has 1 aromatic heterocycles. The molecule has 248 valence electrons. The Hall–Kier alpha value is -3.27. The fraction of sp³-hybridized carbons (Fsp3) is 0.583. The van der Waals surface area contributed by atoms with Gasteiger partial charge in [-0.3, -0.25) is 4.79 Å². The molecule has 3 rings (SSSR count). The number of nitrogens with zero attached hydrogens (tertiary/aromatic N) is 1. The number of aliphatic carboxylic acids is 1. The first kappa shape index (κ1) is 36.2. The van der Waals surface area contributed by atoms with Crippen molar-refractivity contribution in [3.8, 4) is 0 Å². The molecule has 45 heavy (non-hydrogen) atoms. The summed E-state index contributed by atoms with van der Waals surface area (Å²) in [5, 5.41) is 20.2. The zero-order valence-corrected chi connectivity index (χ0v) is 28.0. The lowest BCUT2D eigenvalue weighted by molar-refractivity contribution is -0.155. The number of oxazole rings is 1. The number of hydrogen-bond acceptors (Lipinski definition) is 8. The van der Waals surface area contributed by atoms with Crippen molar-refractivity contribution < 1.29 is 38.4 Å². The second kappa shape index (κ2) is 15.8. The van der Waals surface area contributed by atoms with Gasteiger partial charge in [-0.15, -0.1) is 0 Å². The van der Waals surface area contributed by atoms with Gasteiger partial charge in [0.25, 0.3) is 0 Å². The monoisotopic (exact) mass is 625 g/mol. The maximum Gasteiger partial charge on any atom is 0.330 e. The van der Waals surface area contributed by atoms with Gasteiger partial charge in [0.2, 0.25) is 0 Å². The number of cyclic esters (lactones) is 1. The molecule has 1 unspecified atom stereocenters. The van der Waals surface area contributed by atoms with E-state index in [9.17, 15) is 19.8 Å². The van der Waals surface area contributed by atoms with E-state index in [1.807, 2.05) is 78.0 Å². The zero-order valence-electron chi connectivity index (χ0n) is 28.0. The predicted octanol–water partition coefficient (Wildman–Crippen LogP) is 6.77. The lowest BCUT2D eigenvalue weighted by Gasteiger charge is -2.40. The third-order valence-corrected chi connectivity index (χ3v) is 8.95. The van der Waals surface area contributed by atoms with Gasteiger partial charge in [0.05, 0.1) is 17.8 Å². The van der Waals surface area contributed by atoms with Crippen LogP contribution in [0.1, 0.15) is 85.2 Å². The normalized spacial score (nSPS) is 31.2. The summed E-state index contributed by atoms with van der Waals surface area (Å²) in [6.45, 7) is 13.8. The standard InChI is InChI=1S/C36H51NO8/c1-23(19-28-22-43-26(4)37-28)11-9-12-25(3)34(42-8)35(5,6)30-17-18-36(7)31(45-36)16-15-24(2)29(38)20-27(21-32(39)40)13-10-14-33(41)44-30/h9-12,14-16,19,22,24,27,29-31,34,38H,13,17-18,20-21H2,1-8H3,(H,39,40)/b11-9+,14-10+,16-15+,23-19+,25-12+/t24-,27-,29-,30?,31-,34+,36-/m1/s1. The molecule has 1 saturated heterocycles. The number of epoxide rings is 1. The highest BCUT2D eigenvalue weighted by Crippen LogP contribution is 2.44.